The van der Waals surface area contributed by atoms with Gasteiger partial charge >= 0.3 is 0 Å². The van der Waals surface area contributed by atoms with E-state index in [0.717, 1.165) is 0 Å². The van der Waals surface area contributed by atoms with Crippen LogP contribution in [0.15, 0.2) is 41.3 Å². The fourth-order valence-electron chi connectivity index (χ4n) is 1.69. The lowest BCUT2D eigenvalue weighted by atomic mass is 10.3. The van der Waals surface area contributed by atoms with E-state index in [4.69, 9.17) is 34.8 Å². The highest BCUT2D eigenvalue weighted by Crippen LogP contribution is 2.34. The highest BCUT2D eigenvalue weighted by molar-refractivity contribution is 8.00. The minimum absolute atomic E-state index is 0.00484. The second-order valence-electron chi connectivity index (χ2n) is 4.31. The van der Waals surface area contributed by atoms with E-state index in [1.165, 1.54) is 30.0 Å². The molecule has 2 aromatic carbocycles. The molecule has 5 nitrogen and oxygen atoms in total. The molecule has 0 bridgehead atoms. The summed E-state index contributed by atoms with van der Waals surface area (Å²) in [5.74, 6) is -0.289. The summed E-state index contributed by atoms with van der Waals surface area (Å²) in [6.45, 7) is 0. The summed E-state index contributed by atoms with van der Waals surface area (Å²) in [7, 11) is 0. The van der Waals surface area contributed by atoms with Crippen molar-refractivity contribution < 1.29 is 9.72 Å². The molecule has 120 valence electrons. The highest BCUT2D eigenvalue weighted by Gasteiger charge is 2.14. The number of carbonyl (C=O) groups excluding carboxylic acids is 1. The molecule has 0 heterocycles. The maximum Gasteiger partial charge on any atom is 0.289 e. The van der Waals surface area contributed by atoms with Gasteiger partial charge in [-0.25, -0.2) is 0 Å². The van der Waals surface area contributed by atoms with Crippen molar-refractivity contribution in [2.24, 2.45) is 0 Å². The van der Waals surface area contributed by atoms with Crippen LogP contribution in [0.2, 0.25) is 15.1 Å². The molecule has 0 aliphatic rings. The third-order valence-corrected chi connectivity index (χ3v) is 5.00. The van der Waals surface area contributed by atoms with Gasteiger partial charge in [0.05, 0.1) is 20.7 Å². The minimum atomic E-state index is -0.615. The van der Waals surface area contributed by atoms with Crippen LogP contribution in [0.5, 0.6) is 0 Å². The number of carbonyl (C=O) groups is 1. The number of hydrogen-bond donors (Lipinski definition) is 1. The molecule has 0 radical (unpaired) electrons. The van der Waals surface area contributed by atoms with E-state index in [-0.39, 0.29) is 28.1 Å². The summed E-state index contributed by atoms with van der Waals surface area (Å²) in [4.78, 5) is 22.8. The molecule has 2 rings (SSSR count). The molecular weight excluding hydrogens is 383 g/mol. The van der Waals surface area contributed by atoms with E-state index in [1.54, 1.807) is 18.2 Å². The molecular formula is C14H9Cl3N2O3S. The number of halogens is 3. The molecule has 0 fully saturated rings. The van der Waals surface area contributed by atoms with Gasteiger partial charge in [-0.05, 0) is 24.3 Å². The lowest BCUT2D eigenvalue weighted by molar-refractivity contribution is -0.384. The van der Waals surface area contributed by atoms with Gasteiger partial charge in [-0.15, -0.1) is 11.8 Å². The monoisotopic (exact) mass is 390 g/mol. The zero-order valence-electron chi connectivity index (χ0n) is 11.4. The Bertz CT molecular complexity index is 751. The van der Waals surface area contributed by atoms with Crippen molar-refractivity contribution in [2.75, 3.05) is 11.1 Å². The SMILES string of the molecule is O=C(CSc1c(Cl)cccc1Cl)Nc1ccc(Cl)c([N+](=O)[O-])c1. The normalized spacial score (nSPS) is 10.4. The molecule has 23 heavy (non-hydrogen) atoms. The third-order valence-electron chi connectivity index (χ3n) is 2.69. The second-order valence-corrected chi connectivity index (χ2v) is 6.52. The molecule has 0 aliphatic heterocycles. The first kappa shape index (κ1) is 17.9. The Labute approximate surface area is 151 Å². The molecule has 0 saturated carbocycles. The van der Waals surface area contributed by atoms with Crippen LogP contribution in [0.1, 0.15) is 0 Å². The maximum absolute atomic E-state index is 12.0. The predicted octanol–water partition coefficient (Wildman–Crippen LogP) is 5.29. The van der Waals surface area contributed by atoms with E-state index >= 15 is 0 Å². The number of thioether (sulfide) groups is 1. The van der Waals surface area contributed by atoms with Crippen molar-refractivity contribution in [3.8, 4) is 0 Å². The van der Waals surface area contributed by atoms with Crippen molar-refractivity contribution >= 4 is 63.8 Å². The molecule has 0 aliphatic carbocycles. The van der Waals surface area contributed by atoms with Crippen LogP contribution in [0.25, 0.3) is 0 Å². The maximum atomic E-state index is 12.0. The smallest absolute Gasteiger partial charge is 0.289 e. The molecule has 0 unspecified atom stereocenters. The number of hydrogen-bond acceptors (Lipinski definition) is 4. The number of anilines is 1. The quantitative estimate of drug-likeness (QED) is 0.427. The fraction of sp³-hybridized carbons (Fsp3) is 0.0714. The van der Waals surface area contributed by atoms with Gasteiger partial charge in [-0.1, -0.05) is 40.9 Å². The van der Waals surface area contributed by atoms with Crippen LogP contribution in [0, 0.1) is 10.1 Å². The zero-order valence-corrected chi connectivity index (χ0v) is 14.5. The number of benzene rings is 2. The standard InChI is InChI=1S/C14H9Cl3N2O3S/c15-9-5-4-8(6-12(9)19(21)22)18-13(20)7-23-14-10(16)2-1-3-11(14)17/h1-6H,7H2,(H,18,20). The summed E-state index contributed by atoms with van der Waals surface area (Å²) >= 11 is 18.9. The highest BCUT2D eigenvalue weighted by atomic mass is 35.5. The molecule has 0 atom stereocenters. The summed E-state index contributed by atoms with van der Waals surface area (Å²) in [6, 6.07) is 9.11. The van der Waals surface area contributed by atoms with E-state index < -0.39 is 4.92 Å². The van der Waals surface area contributed by atoms with Crippen LogP contribution in [0.4, 0.5) is 11.4 Å². The Morgan fingerprint density at radius 3 is 2.39 bits per heavy atom. The summed E-state index contributed by atoms with van der Waals surface area (Å²) in [6.07, 6.45) is 0. The largest absolute Gasteiger partial charge is 0.325 e. The van der Waals surface area contributed by atoms with Crippen molar-refractivity contribution in [1.82, 2.24) is 0 Å². The van der Waals surface area contributed by atoms with Crippen LogP contribution < -0.4 is 5.32 Å². The van der Waals surface area contributed by atoms with Crippen LogP contribution in [-0.2, 0) is 4.79 Å². The molecule has 0 aromatic heterocycles. The second kappa shape index (κ2) is 7.88. The summed E-state index contributed by atoms with van der Waals surface area (Å²) < 4.78 is 0. The van der Waals surface area contributed by atoms with E-state index in [2.05, 4.69) is 5.32 Å². The average Bonchev–Trinajstić information content (AvgIpc) is 2.48. The number of nitro benzene ring substituents is 1. The van der Waals surface area contributed by atoms with Gasteiger partial charge in [0.15, 0.2) is 0 Å². The lowest BCUT2D eigenvalue weighted by Crippen LogP contribution is -2.14. The zero-order chi connectivity index (χ0) is 17.0. The molecule has 0 saturated heterocycles. The van der Waals surface area contributed by atoms with Gasteiger partial charge in [-0.3, -0.25) is 14.9 Å². The molecule has 2 aromatic rings. The van der Waals surface area contributed by atoms with Crippen molar-refractivity contribution in [3.05, 3.63) is 61.6 Å². The molecule has 1 amide bonds. The summed E-state index contributed by atoms with van der Waals surface area (Å²) in [5.41, 5.74) is 0.0169. The fourth-order valence-corrected chi connectivity index (χ4v) is 3.36. The summed E-state index contributed by atoms with van der Waals surface area (Å²) in [5, 5.41) is 14.3. The van der Waals surface area contributed by atoms with Gasteiger partial charge in [-0.2, -0.15) is 0 Å². The predicted molar refractivity (Wildman–Crippen MR) is 93.9 cm³/mol. The van der Waals surface area contributed by atoms with Crippen molar-refractivity contribution in [1.29, 1.82) is 0 Å². The number of rotatable bonds is 5. The Morgan fingerprint density at radius 1 is 1.13 bits per heavy atom. The number of nitro groups is 1. The first-order valence-corrected chi connectivity index (χ1v) is 8.31. The number of nitrogens with zero attached hydrogens (tertiary/aromatic N) is 1. The van der Waals surface area contributed by atoms with Crippen LogP contribution >= 0.6 is 46.6 Å². The topological polar surface area (TPSA) is 72.2 Å². The Morgan fingerprint density at radius 2 is 1.78 bits per heavy atom. The number of amides is 1. The average molecular weight is 392 g/mol. The van der Waals surface area contributed by atoms with Crippen molar-refractivity contribution in [2.45, 2.75) is 4.90 Å². The van der Waals surface area contributed by atoms with Crippen molar-refractivity contribution in [3.63, 3.8) is 0 Å². The Kier molecular flexibility index (Phi) is 6.12. The first-order chi connectivity index (χ1) is 10.9. The van der Waals surface area contributed by atoms with E-state index in [9.17, 15) is 14.9 Å². The van der Waals surface area contributed by atoms with Gasteiger partial charge < -0.3 is 5.32 Å². The number of nitrogens with one attached hydrogen (secondary N) is 1. The van der Waals surface area contributed by atoms with Crippen LogP contribution in [0.3, 0.4) is 0 Å². The van der Waals surface area contributed by atoms with Crippen LogP contribution in [-0.4, -0.2) is 16.6 Å². The lowest BCUT2D eigenvalue weighted by Gasteiger charge is -2.08. The van der Waals surface area contributed by atoms with E-state index in [0.29, 0.717) is 14.9 Å². The minimum Gasteiger partial charge on any atom is -0.325 e. The van der Waals surface area contributed by atoms with Gasteiger partial charge in [0, 0.05) is 16.6 Å². The molecule has 1 N–H and O–H groups in total. The van der Waals surface area contributed by atoms with Gasteiger partial charge in [0.25, 0.3) is 5.69 Å². The van der Waals surface area contributed by atoms with Gasteiger partial charge in [0.1, 0.15) is 5.02 Å². The third kappa shape index (κ3) is 4.75. The first-order valence-electron chi connectivity index (χ1n) is 6.19. The van der Waals surface area contributed by atoms with E-state index in [1.807, 2.05) is 0 Å². The van der Waals surface area contributed by atoms with Gasteiger partial charge in [0.2, 0.25) is 5.91 Å². The molecule has 0 spiro atoms. The molecule has 9 heteroatoms. The Hall–Kier alpha value is -1.47. The Balaban J connectivity index is 2.03.